The number of nitrogens with zero attached hydrogens (tertiary/aromatic N) is 1. The van der Waals surface area contributed by atoms with E-state index in [9.17, 15) is 22.4 Å². The molecular formula is C19H21FN2O5S. The second kappa shape index (κ2) is 9.43. The van der Waals surface area contributed by atoms with E-state index in [4.69, 9.17) is 4.74 Å². The molecule has 150 valence electrons. The van der Waals surface area contributed by atoms with Crippen molar-refractivity contribution in [1.29, 1.82) is 0 Å². The number of hydrogen-bond acceptors (Lipinski definition) is 5. The van der Waals surface area contributed by atoms with E-state index in [2.05, 4.69) is 5.32 Å². The number of amides is 1. The third kappa shape index (κ3) is 5.37. The molecule has 2 rings (SSSR count). The van der Waals surface area contributed by atoms with Crippen molar-refractivity contribution in [2.45, 2.75) is 18.7 Å². The minimum Gasteiger partial charge on any atom is -0.452 e. The van der Waals surface area contributed by atoms with Gasteiger partial charge in [0.05, 0.1) is 10.5 Å². The molecule has 0 aromatic heterocycles. The number of carbonyl (C=O) groups is 2. The Morgan fingerprint density at radius 1 is 1.07 bits per heavy atom. The summed E-state index contributed by atoms with van der Waals surface area (Å²) in [7, 11) is -3.72. The molecule has 0 unspecified atom stereocenters. The van der Waals surface area contributed by atoms with Crippen LogP contribution in [0.25, 0.3) is 0 Å². The molecule has 0 bridgehead atoms. The lowest BCUT2D eigenvalue weighted by Crippen LogP contribution is -2.30. The fourth-order valence-electron chi connectivity index (χ4n) is 2.47. The Morgan fingerprint density at radius 2 is 1.75 bits per heavy atom. The van der Waals surface area contributed by atoms with E-state index in [0.29, 0.717) is 13.1 Å². The highest BCUT2D eigenvalue weighted by atomic mass is 32.2. The summed E-state index contributed by atoms with van der Waals surface area (Å²) in [5.74, 6) is -2.00. The van der Waals surface area contributed by atoms with Gasteiger partial charge in [-0.05, 0) is 36.4 Å². The molecule has 0 aliphatic rings. The number of hydrogen-bond donors (Lipinski definition) is 1. The van der Waals surface area contributed by atoms with Crippen molar-refractivity contribution in [2.24, 2.45) is 0 Å². The molecule has 0 atom stereocenters. The molecule has 0 heterocycles. The summed E-state index contributed by atoms with van der Waals surface area (Å²) in [4.78, 5) is 24.0. The van der Waals surface area contributed by atoms with Crippen LogP contribution in [0.3, 0.4) is 0 Å². The zero-order chi connectivity index (χ0) is 20.7. The van der Waals surface area contributed by atoms with Gasteiger partial charge in [-0.1, -0.05) is 26.0 Å². The number of anilines is 1. The van der Waals surface area contributed by atoms with Gasteiger partial charge >= 0.3 is 5.97 Å². The summed E-state index contributed by atoms with van der Waals surface area (Å²) in [6, 6.07) is 10.7. The zero-order valence-electron chi connectivity index (χ0n) is 15.5. The van der Waals surface area contributed by atoms with Crippen molar-refractivity contribution >= 4 is 27.6 Å². The maximum Gasteiger partial charge on any atom is 0.338 e. The monoisotopic (exact) mass is 408 g/mol. The summed E-state index contributed by atoms with van der Waals surface area (Å²) >= 11 is 0. The lowest BCUT2D eigenvalue weighted by Gasteiger charge is -2.18. The van der Waals surface area contributed by atoms with E-state index < -0.39 is 34.3 Å². The molecule has 0 radical (unpaired) electrons. The SMILES string of the molecule is CCN(CC)S(=O)(=O)c1cccc(C(=O)OCC(=O)Nc2cccc(F)c2)c1. The highest BCUT2D eigenvalue weighted by Gasteiger charge is 2.23. The van der Waals surface area contributed by atoms with Gasteiger partial charge in [-0.15, -0.1) is 0 Å². The smallest absolute Gasteiger partial charge is 0.338 e. The number of ether oxygens (including phenoxy) is 1. The van der Waals surface area contributed by atoms with Crippen LogP contribution in [-0.2, 0) is 19.6 Å². The fourth-order valence-corrected chi connectivity index (χ4v) is 3.98. The molecule has 0 aliphatic heterocycles. The lowest BCUT2D eigenvalue weighted by molar-refractivity contribution is -0.119. The average Bonchev–Trinajstić information content (AvgIpc) is 2.67. The number of sulfonamides is 1. The quantitative estimate of drug-likeness (QED) is 0.678. The minimum atomic E-state index is -3.72. The van der Waals surface area contributed by atoms with E-state index >= 15 is 0 Å². The number of esters is 1. The Labute approximate surface area is 163 Å². The first-order chi connectivity index (χ1) is 13.3. The van der Waals surface area contributed by atoms with Crippen LogP contribution in [0.4, 0.5) is 10.1 Å². The first-order valence-electron chi connectivity index (χ1n) is 8.60. The first kappa shape index (κ1) is 21.5. The van der Waals surface area contributed by atoms with Crippen molar-refractivity contribution in [1.82, 2.24) is 4.31 Å². The summed E-state index contributed by atoms with van der Waals surface area (Å²) < 4.78 is 44.4. The van der Waals surface area contributed by atoms with Crippen molar-refractivity contribution in [3.8, 4) is 0 Å². The summed E-state index contributed by atoms with van der Waals surface area (Å²) in [5.41, 5.74) is 0.236. The van der Waals surface area contributed by atoms with E-state index in [1.807, 2.05) is 0 Å². The predicted octanol–water partition coefficient (Wildman–Crippen LogP) is 2.65. The van der Waals surface area contributed by atoms with Crippen LogP contribution >= 0.6 is 0 Å². The maximum atomic E-state index is 13.1. The molecule has 1 amide bonds. The minimum absolute atomic E-state index is 0.00628. The summed E-state index contributed by atoms with van der Waals surface area (Å²) in [5, 5.41) is 2.40. The Kier molecular flexibility index (Phi) is 7.24. The molecule has 28 heavy (non-hydrogen) atoms. The van der Waals surface area contributed by atoms with Gasteiger partial charge in [0.1, 0.15) is 5.82 Å². The lowest BCUT2D eigenvalue weighted by atomic mass is 10.2. The Balaban J connectivity index is 2.04. The number of benzene rings is 2. The molecule has 1 N–H and O–H groups in total. The molecule has 2 aromatic carbocycles. The normalized spacial score (nSPS) is 11.3. The van der Waals surface area contributed by atoms with Gasteiger partial charge in [-0.3, -0.25) is 4.79 Å². The summed E-state index contributed by atoms with van der Waals surface area (Å²) in [6.45, 7) is 3.44. The third-order valence-electron chi connectivity index (χ3n) is 3.86. The molecule has 0 aliphatic carbocycles. The van der Waals surface area contributed by atoms with Crippen LogP contribution in [0.5, 0.6) is 0 Å². The predicted molar refractivity (Wildman–Crippen MR) is 102 cm³/mol. The molecule has 0 saturated heterocycles. The Morgan fingerprint density at radius 3 is 2.39 bits per heavy atom. The molecule has 0 fully saturated rings. The summed E-state index contributed by atoms with van der Waals surface area (Å²) in [6.07, 6.45) is 0. The van der Waals surface area contributed by atoms with Crippen LogP contribution in [0.1, 0.15) is 24.2 Å². The molecule has 0 spiro atoms. The topological polar surface area (TPSA) is 92.8 Å². The molecule has 7 nitrogen and oxygen atoms in total. The van der Waals surface area contributed by atoms with E-state index in [-0.39, 0.29) is 16.1 Å². The van der Waals surface area contributed by atoms with Gasteiger partial charge in [-0.2, -0.15) is 4.31 Å². The number of nitrogens with one attached hydrogen (secondary N) is 1. The Bertz CT molecular complexity index is 958. The third-order valence-corrected chi connectivity index (χ3v) is 5.90. The van der Waals surface area contributed by atoms with Gasteiger partial charge in [0.25, 0.3) is 5.91 Å². The van der Waals surface area contributed by atoms with Crippen LogP contribution in [0.15, 0.2) is 53.4 Å². The van der Waals surface area contributed by atoms with Gasteiger partial charge < -0.3 is 10.1 Å². The van der Waals surface area contributed by atoms with Crippen LogP contribution in [0, 0.1) is 5.82 Å². The second-order valence-corrected chi connectivity index (χ2v) is 7.69. The standard InChI is InChI=1S/C19H21FN2O5S/c1-3-22(4-2)28(25,26)17-10-5-7-14(11-17)19(24)27-13-18(23)21-16-9-6-8-15(20)12-16/h5-12H,3-4,13H2,1-2H3,(H,21,23). The van der Waals surface area contributed by atoms with Crippen molar-refractivity contribution in [2.75, 3.05) is 25.0 Å². The molecule has 0 saturated carbocycles. The number of rotatable bonds is 8. The zero-order valence-corrected chi connectivity index (χ0v) is 16.3. The van der Waals surface area contributed by atoms with Crippen molar-refractivity contribution < 1.29 is 27.1 Å². The van der Waals surface area contributed by atoms with Gasteiger partial charge in [0.15, 0.2) is 6.61 Å². The van der Waals surface area contributed by atoms with Gasteiger partial charge in [-0.25, -0.2) is 17.6 Å². The van der Waals surface area contributed by atoms with Gasteiger partial charge in [0.2, 0.25) is 10.0 Å². The second-order valence-electron chi connectivity index (χ2n) is 5.75. The Hall–Kier alpha value is -2.78. The van der Waals surface area contributed by atoms with E-state index in [1.165, 1.54) is 46.8 Å². The highest BCUT2D eigenvalue weighted by molar-refractivity contribution is 7.89. The van der Waals surface area contributed by atoms with E-state index in [0.717, 1.165) is 6.07 Å². The van der Waals surface area contributed by atoms with Crippen molar-refractivity contribution in [3.05, 3.63) is 59.9 Å². The molecule has 9 heteroatoms. The largest absolute Gasteiger partial charge is 0.452 e. The number of carbonyl (C=O) groups excluding carboxylic acids is 2. The van der Waals surface area contributed by atoms with Crippen LogP contribution in [0.2, 0.25) is 0 Å². The first-order valence-corrected chi connectivity index (χ1v) is 10.0. The highest BCUT2D eigenvalue weighted by Crippen LogP contribution is 2.17. The maximum absolute atomic E-state index is 13.1. The van der Waals surface area contributed by atoms with Crippen LogP contribution in [-0.4, -0.2) is 44.3 Å². The van der Waals surface area contributed by atoms with Crippen molar-refractivity contribution in [3.63, 3.8) is 0 Å². The fraction of sp³-hybridized carbons (Fsp3) is 0.263. The number of halogens is 1. The molecule has 2 aromatic rings. The average molecular weight is 408 g/mol. The van der Waals surface area contributed by atoms with E-state index in [1.54, 1.807) is 13.8 Å². The molecular weight excluding hydrogens is 387 g/mol. The van der Waals surface area contributed by atoms with Crippen LogP contribution < -0.4 is 5.32 Å². The van der Waals surface area contributed by atoms with Gasteiger partial charge in [0, 0.05) is 18.8 Å².